The third-order valence-electron chi connectivity index (χ3n) is 5.69. The van der Waals surface area contributed by atoms with E-state index in [-0.39, 0.29) is 17.4 Å². The van der Waals surface area contributed by atoms with Gasteiger partial charge in [0.2, 0.25) is 5.90 Å². The Hall–Kier alpha value is -4.20. The molecule has 0 aliphatic carbocycles. The first-order valence-corrected chi connectivity index (χ1v) is 10.7. The molecule has 0 unspecified atom stereocenters. The molecule has 33 heavy (non-hydrogen) atoms. The van der Waals surface area contributed by atoms with Crippen LogP contribution in [0.1, 0.15) is 5.56 Å². The van der Waals surface area contributed by atoms with E-state index in [1.165, 1.54) is 6.07 Å². The number of hydrogen-bond donors (Lipinski definition) is 2. The van der Waals surface area contributed by atoms with Crippen LogP contribution in [-0.4, -0.2) is 53.8 Å². The molecule has 3 aromatic carbocycles. The second-order valence-electron chi connectivity index (χ2n) is 7.82. The Bertz CT molecular complexity index is 1280. The van der Waals surface area contributed by atoms with E-state index in [0.29, 0.717) is 48.5 Å². The average molecular weight is 443 g/mol. The van der Waals surface area contributed by atoms with Crippen molar-refractivity contribution in [1.29, 1.82) is 5.41 Å². The number of guanidine groups is 1. The summed E-state index contributed by atoms with van der Waals surface area (Å²) in [5, 5.41) is 12.5. The fraction of sp³-hybridized carbons (Fsp3) is 0.160. The molecule has 0 saturated carbocycles. The third-order valence-corrected chi connectivity index (χ3v) is 5.69. The van der Waals surface area contributed by atoms with Gasteiger partial charge in [-0.3, -0.25) is 5.41 Å². The van der Waals surface area contributed by atoms with E-state index in [1.54, 1.807) is 30.5 Å². The molecule has 1 saturated heterocycles. The first-order valence-electron chi connectivity index (χ1n) is 10.7. The van der Waals surface area contributed by atoms with E-state index < -0.39 is 5.97 Å². The molecular formula is C25H22FN5O2. The number of cyclic esters (lactones) is 1. The zero-order valence-corrected chi connectivity index (χ0v) is 17.8. The lowest BCUT2D eigenvalue weighted by Crippen LogP contribution is -2.48. The fourth-order valence-corrected chi connectivity index (χ4v) is 3.95. The number of benzene rings is 3. The van der Waals surface area contributed by atoms with Crippen molar-refractivity contribution < 1.29 is 13.9 Å². The number of anilines is 1. The van der Waals surface area contributed by atoms with Gasteiger partial charge in [-0.15, -0.1) is 0 Å². The van der Waals surface area contributed by atoms with Gasteiger partial charge in [-0.05, 0) is 29.7 Å². The molecular weight excluding hydrogens is 421 g/mol. The van der Waals surface area contributed by atoms with Crippen LogP contribution < -0.4 is 5.32 Å². The molecule has 0 amide bonds. The van der Waals surface area contributed by atoms with Crippen molar-refractivity contribution in [3.05, 3.63) is 90.0 Å². The van der Waals surface area contributed by atoms with Gasteiger partial charge in [0, 0.05) is 49.0 Å². The number of carbonyl (C=O) groups excluding carboxylic acids is 1. The van der Waals surface area contributed by atoms with Crippen LogP contribution in [0.5, 0.6) is 0 Å². The predicted octanol–water partition coefficient (Wildman–Crippen LogP) is 3.79. The molecule has 3 aromatic rings. The van der Waals surface area contributed by atoms with E-state index in [9.17, 15) is 9.18 Å². The van der Waals surface area contributed by atoms with Crippen molar-refractivity contribution in [3.8, 4) is 0 Å². The molecule has 0 aromatic heterocycles. The minimum absolute atomic E-state index is 0.176. The zero-order chi connectivity index (χ0) is 22.8. The third kappa shape index (κ3) is 4.27. The van der Waals surface area contributed by atoms with Crippen LogP contribution in [0.4, 0.5) is 10.1 Å². The van der Waals surface area contributed by atoms with Gasteiger partial charge in [0.15, 0.2) is 11.7 Å². The molecule has 2 aliphatic heterocycles. The van der Waals surface area contributed by atoms with Crippen LogP contribution in [0.25, 0.3) is 10.8 Å². The van der Waals surface area contributed by atoms with E-state index in [1.807, 2.05) is 46.2 Å². The van der Waals surface area contributed by atoms with Crippen LogP contribution in [0.15, 0.2) is 83.6 Å². The quantitative estimate of drug-likeness (QED) is 0.279. The number of aliphatic imine (C=N–C) groups is 1. The lowest BCUT2D eigenvalue weighted by atomic mass is 10.0. The number of halogens is 1. The van der Waals surface area contributed by atoms with Gasteiger partial charge in [-0.1, -0.05) is 42.5 Å². The summed E-state index contributed by atoms with van der Waals surface area (Å²) in [5.74, 6) is -0.341. The summed E-state index contributed by atoms with van der Waals surface area (Å²) in [6, 6.07) is 19.6. The maximum atomic E-state index is 14.1. The second-order valence-corrected chi connectivity index (χ2v) is 7.82. The van der Waals surface area contributed by atoms with E-state index in [4.69, 9.17) is 10.1 Å². The summed E-state index contributed by atoms with van der Waals surface area (Å²) in [6.07, 6.45) is 1.70. The molecule has 0 atom stereocenters. The summed E-state index contributed by atoms with van der Waals surface area (Å²) in [5.41, 5.74) is 1.66. The number of nitrogens with zero attached hydrogens (tertiary/aromatic N) is 3. The van der Waals surface area contributed by atoms with Crippen molar-refractivity contribution in [2.45, 2.75) is 0 Å². The Morgan fingerprint density at radius 3 is 2.42 bits per heavy atom. The molecule has 0 radical (unpaired) electrons. The molecule has 0 spiro atoms. The maximum Gasteiger partial charge on any atom is 0.365 e. The Morgan fingerprint density at radius 2 is 1.67 bits per heavy atom. The molecule has 2 heterocycles. The van der Waals surface area contributed by atoms with Gasteiger partial charge in [0.25, 0.3) is 0 Å². The molecule has 7 nitrogen and oxygen atoms in total. The molecule has 166 valence electrons. The number of esters is 1. The molecule has 2 aliphatic rings. The van der Waals surface area contributed by atoms with Crippen molar-refractivity contribution in [2.75, 3.05) is 31.5 Å². The van der Waals surface area contributed by atoms with Crippen molar-refractivity contribution in [2.24, 2.45) is 4.99 Å². The Labute approximate surface area is 190 Å². The lowest BCUT2D eigenvalue weighted by Gasteiger charge is -2.35. The van der Waals surface area contributed by atoms with Crippen molar-refractivity contribution in [1.82, 2.24) is 9.80 Å². The highest BCUT2D eigenvalue weighted by molar-refractivity contribution is 6.16. The number of ether oxygens (including phenoxy) is 1. The SMILES string of the molecule is N=C(Nc1ccccc1)N1CCN(C=C2N=C(c3ccc(F)c4ccccc34)OC2=O)CC1. The number of carbonyl (C=O) groups is 1. The number of rotatable bonds is 3. The largest absolute Gasteiger partial charge is 0.402 e. The van der Waals surface area contributed by atoms with Gasteiger partial charge >= 0.3 is 5.97 Å². The molecule has 5 rings (SSSR count). The first-order chi connectivity index (χ1) is 16.1. The smallest absolute Gasteiger partial charge is 0.365 e. The van der Waals surface area contributed by atoms with E-state index in [2.05, 4.69) is 10.3 Å². The van der Waals surface area contributed by atoms with E-state index in [0.717, 1.165) is 5.69 Å². The average Bonchev–Trinajstić information content (AvgIpc) is 3.20. The first kappa shape index (κ1) is 20.7. The minimum atomic E-state index is -0.528. The Morgan fingerprint density at radius 1 is 0.970 bits per heavy atom. The van der Waals surface area contributed by atoms with Crippen LogP contribution >= 0.6 is 0 Å². The molecule has 1 fully saturated rings. The van der Waals surface area contributed by atoms with Crippen molar-refractivity contribution >= 4 is 34.3 Å². The minimum Gasteiger partial charge on any atom is -0.402 e. The fourth-order valence-electron chi connectivity index (χ4n) is 3.95. The van der Waals surface area contributed by atoms with Gasteiger partial charge in [-0.2, -0.15) is 0 Å². The summed E-state index contributed by atoms with van der Waals surface area (Å²) < 4.78 is 19.6. The summed E-state index contributed by atoms with van der Waals surface area (Å²) in [7, 11) is 0. The van der Waals surface area contributed by atoms with Gasteiger partial charge in [-0.25, -0.2) is 14.2 Å². The number of nitrogens with one attached hydrogen (secondary N) is 2. The summed E-state index contributed by atoms with van der Waals surface area (Å²) in [6.45, 7) is 2.55. The zero-order valence-electron chi connectivity index (χ0n) is 17.8. The standard InChI is InChI=1S/C25H22FN5O2/c26-21-11-10-20(18-8-4-5-9-19(18)21)23-29-22(24(32)33-23)16-30-12-14-31(15-13-30)25(27)28-17-6-2-1-3-7-17/h1-11,16H,12-15H2,(H2,27,28). The molecule has 8 heteroatoms. The van der Waals surface area contributed by atoms with Gasteiger partial charge in [0.1, 0.15) is 5.82 Å². The van der Waals surface area contributed by atoms with E-state index >= 15 is 0 Å². The normalized spacial score (nSPS) is 17.3. The predicted molar refractivity (Wildman–Crippen MR) is 126 cm³/mol. The lowest BCUT2D eigenvalue weighted by molar-refractivity contribution is -0.130. The Kier molecular flexibility index (Phi) is 5.48. The molecule has 0 bridgehead atoms. The topological polar surface area (TPSA) is 81.0 Å². The second kappa shape index (κ2) is 8.74. The molecule has 2 N–H and O–H groups in total. The van der Waals surface area contributed by atoms with Crippen LogP contribution in [0.2, 0.25) is 0 Å². The highest BCUT2D eigenvalue weighted by Crippen LogP contribution is 2.26. The number of para-hydroxylation sites is 1. The maximum absolute atomic E-state index is 14.1. The monoisotopic (exact) mass is 443 g/mol. The van der Waals surface area contributed by atoms with Crippen LogP contribution in [0, 0.1) is 11.2 Å². The highest BCUT2D eigenvalue weighted by Gasteiger charge is 2.27. The van der Waals surface area contributed by atoms with Crippen LogP contribution in [-0.2, 0) is 9.53 Å². The number of piperazine rings is 1. The van der Waals surface area contributed by atoms with Crippen LogP contribution in [0.3, 0.4) is 0 Å². The van der Waals surface area contributed by atoms with Gasteiger partial charge in [0.05, 0.1) is 0 Å². The Balaban J connectivity index is 1.28. The summed E-state index contributed by atoms with van der Waals surface area (Å²) >= 11 is 0. The summed E-state index contributed by atoms with van der Waals surface area (Å²) in [4.78, 5) is 20.8. The number of fused-ring (bicyclic) bond motifs is 1. The number of hydrogen-bond acceptors (Lipinski definition) is 5. The van der Waals surface area contributed by atoms with Gasteiger partial charge < -0.3 is 19.9 Å². The van der Waals surface area contributed by atoms with Crippen molar-refractivity contribution in [3.63, 3.8) is 0 Å². The highest BCUT2D eigenvalue weighted by atomic mass is 19.1.